The van der Waals surface area contributed by atoms with E-state index in [1.807, 2.05) is 37.3 Å². The number of hydrogen-bond acceptors (Lipinski definition) is 5. The Hall–Kier alpha value is -3.55. The fourth-order valence-corrected chi connectivity index (χ4v) is 3.81. The number of fused-ring (bicyclic) bond motifs is 1. The number of imide groups is 1. The second kappa shape index (κ2) is 8.29. The normalized spacial score (nSPS) is 19.9. The summed E-state index contributed by atoms with van der Waals surface area (Å²) in [7, 11) is 0. The number of nitrogens with one attached hydrogen (secondary N) is 1. The lowest BCUT2D eigenvalue weighted by atomic mass is 9.91. The zero-order chi connectivity index (χ0) is 22.0. The van der Waals surface area contributed by atoms with Gasteiger partial charge in [0.2, 0.25) is 5.91 Å². The highest BCUT2D eigenvalue weighted by atomic mass is 16.6. The minimum atomic E-state index is -1.29. The SMILES string of the molecule is CCN(Cc1ccccc1)C(=O)CN1C(=O)N[C@](C)(c2ccc3c(c2)OCCO3)C1=O. The Balaban J connectivity index is 1.50. The molecule has 1 atom stereocenters. The summed E-state index contributed by atoms with van der Waals surface area (Å²) in [5.74, 6) is 0.364. The van der Waals surface area contributed by atoms with Gasteiger partial charge in [-0.15, -0.1) is 0 Å². The molecule has 0 radical (unpaired) electrons. The van der Waals surface area contributed by atoms with E-state index in [1.54, 1.807) is 30.0 Å². The summed E-state index contributed by atoms with van der Waals surface area (Å²) in [6.45, 7) is 4.95. The van der Waals surface area contributed by atoms with Crippen molar-refractivity contribution in [1.82, 2.24) is 15.1 Å². The van der Waals surface area contributed by atoms with Gasteiger partial charge in [0.25, 0.3) is 5.91 Å². The predicted molar refractivity (Wildman–Crippen MR) is 113 cm³/mol. The molecule has 0 aliphatic carbocycles. The molecule has 2 heterocycles. The summed E-state index contributed by atoms with van der Waals surface area (Å²) in [6, 6.07) is 14.1. The van der Waals surface area contributed by atoms with Gasteiger partial charge in [-0.1, -0.05) is 36.4 Å². The average molecular weight is 423 g/mol. The number of ether oxygens (including phenoxy) is 2. The van der Waals surface area contributed by atoms with Crippen molar-refractivity contribution < 1.29 is 23.9 Å². The highest BCUT2D eigenvalue weighted by Gasteiger charge is 2.50. The second-order valence-electron chi connectivity index (χ2n) is 7.70. The number of rotatable bonds is 6. The highest BCUT2D eigenvalue weighted by molar-refractivity contribution is 6.09. The topological polar surface area (TPSA) is 88.2 Å². The van der Waals surface area contributed by atoms with Crippen LogP contribution in [0.15, 0.2) is 48.5 Å². The van der Waals surface area contributed by atoms with Gasteiger partial charge in [0, 0.05) is 13.1 Å². The van der Waals surface area contributed by atoms with Crippen LogP contribution in [0.4, 0.5) is 4.79 Å². The van der Waals surface area contributed by atoms with E-state index in [2.05, 4.69) is 5.32 Å². The third kappa shape index (κ3) is 3.93. The quantitative estimate of drug-likeness (QED) is 0.720. The Morgan fingerprint density at radius 3 is 2.52 bits per heavy atom. The molecule has 0 saturated carbocycles. The molecule has 1 saturated heterocycles. The summed E-state index contributed by atoms with van der Waals surface area (Å²) in [6.07, 6.45) is 0. The van der Waals surface area contributed by atoms with E-state index in [4.69, 9.17) is 9.47 Å². The number of amides is 4. The van der Waals surface area contributed by atoms with Crippen molar-refractivity contribution in [3.8, 4) is 11.5 Å². The third-order valence-corrected chi connectivity index (χ3v) is 5.64. The van der Waals surface area contributed by atoms with Crippen LogP contribution < -0.4 is 14.8 Å². The van der Waals surface area contributed by atoms with E-state index in [-0.39, 0.29) is 12.5 Å². The summed E-state index contributed by atoms with van der Waals surface area (Å²) in [5, 5.41) is 2.74. The first-order valence-electron chi connectivity index (χ1n) is 10.3. The van der Waals surface area contributed by atoms with E-state index in [1.165, 1.54) is 0 Å². The Bertz CT molecular complexity index is 1010. The van der Waals surface area contributed by atoms with Crippen LogP contribution >= 0.6 is 0 Å². The molecule has 4 amide bonds. The monoisotopic (exact) mass is 423 g/mol. The van der Waals surface area contributed by atoms with Crippen molar-refractivity contribution in [3.05, 3.63) is 59.7 Å². The molecule has 0 unspecified atom stereocenters. The maximum Gasteiger partial charge on any atom is 0.325 e. The lowest BCUT2D eigenvalue weighted by Gasteiger charge is -2.26. The van der Waals surface area contributed by atoms with Gasteiger partial charge in [-0.05, 0) is 37.1 Å². The number of urea groups is 1. The molecule has 2 aromatic rings. The van der Waals surface area contributed by atoms with Gasteiger partial charge < -0.3 is 19.7 Å². The number of hydrogen-bond donors (Lipinski definition) is 1. The predicted octanol–water partition coefficient (Wildman–Crippen LogP) is 2.27. The first-order chi connectivity index (χ1) is 14.9. The van der Waals surface area contributed by atoms with Crippen molar-refractivity contribution in [3.63, 3.8) is 0 Å². The Labute approximate surface area is 180 Å². The fourth-order valence-electron chi connectivity index (χ4n) is 3.81. The number of nitrogens with zero attached hydrogens (tertiary/aromatic N) is 2. The zero-order valence-corrected chi connectivity index (χ0v) is 17.6. The molecular formula is C23H25N3O5. The van der Waals surface area contributed by atoms with Gasteiger partial charge in [0.1, 0.15) is 25.3 Å². The number of carbonyl (C=O) groups excluding carboxylic acids is 3. The molecule has 8 nitrogen and oxygen atoms in total. The molecule has 0 spiro atoms. The Morgan fingerprint density at radius 2 is 1.81 bits per heavy atom. The van der Waals surface area contributed by atoms with Gasteiger partial charge in [-0.25, -0.2) is 4.79 Å². The molecule has 8 heteroatoms. The van der Waals surface area contributed by atoms with Crippen LogP contribution in [0.5, 0.6) is 11.5 Å². The summed E-state index contributed by atoms with van der Waals surface area (Å²) in [5.41, 5.74) is 0.265. The Morgan fingerprint density at radius 1 is 1.10 bits per heavy atom. The van der Waals surface area contributed by atoms with Crippen LogP contribution in [-0.2, 0) is 21.7 Å². The van der Waals surface area contributed by atoms with Gasteiger partial charge in [-0.3, -0.25) is 14.5 Å². The van der Waals surface area contributed by atoms with Gasteiger partial charge >= 0.3 is 6.03 Å². The highest BCUT2D eigenvalue weighted by Crippen LogP contribution is 2.36. The molecule has 31 heavy (non-hydrogen) atoms. The largest absolute Gasteiger partial charge is 0.486 e. The maximum atomic E-state index is 13.2. The van der Waals surface area contributed by atoms with Crippen LogP contribution in [-0.4, -0.2) is 53.9 Å². The maximum absolute atomic E-state index is 13.2. The molecule has 2 aromatic carbocycles. The smallest absolute Gasteiger partial charge is 0.325 e. The van der Waals surface area contributed by atoms with Crippen LogP contribution in [0.3, 0.4) is 0 Å². The number of likely N-dealkylation sites (N-methyl/N-ethyl adjacent to an activating group) is 1. The van der Waals surface area contributed by atoms with E-state index in [9.17, 15) is 14.4 Å². The molecule has 1 N–H and O–H groups in total. The average Bonchev–Trinajstić information content (AvgIpc) is 3.01. The molecule has 2 aliphatic rings. The minimum absolute atomic E-state index is 0.290. The minimum Gasteiger partial charge on any atom is -0.486 e. The first kappa shape index (κ1) is 20.7. The van der Waals surface area contributed by atoms with Crippen molar-refractivity contribution in [2.24, 2.45) is 0 Å². The van der Waals surface area contributed by atoms with Crippen molar-refractivity contribution in [2.75, 3.05) is 26.3 Å². The second-order valence-corrected chi connectivity index (χ2v) is 7.70. The van der Waals surface area contributed by atoms with Crippen molar-refractivity contribution >= 4 is 17.8 Å². The lowest BCUT2D eigenvalue weighted by molar-refractivity contribution is -0.139. The van der Waals surface area contributed by atoms with Crippen molar-refractivity contribution in [1.29, 1.82) is 0 Å². The molecule has 162 valence electrons. The van der Waals surface area contributed by atoms with Crippen LogP contribution in [0, 0.1) is 0 Å². The molecule has 0 aromatic heterocycles. The van der Waals surface area contributed by atoms with E-state index >= 15 is 0 Å². The van der Waals surface area contributed by atoms with E-state index in [0.717, 1.165) is 10.5 Å². The lowest BCUT2D eigenvalue weighted by Crippen LogP contribution is -2.44. The fraction of sp³-hybridized carbons (Fsp3) is 0.348. The Kier molecular flexibility index (Phi) is 5.54. The van der Waals surface area contributed by atoms with Crippen molar-refractivity contribution in [2.45, 2.75) is 25.9 Å². The zero-order valence-electron chi connectivity index (χ0n) is 17.6. The van der Waals surface area contributed by atoms with Gasteiger partial charge in [0.05, 0.1) is 0 Å². The van der Waals surface area contributed by atoms with Gasteiger partial charge in [0.15, 0.2) is 11.5 Å². The van der Waals surface area contributed by atoms with Crippen LogP contribution in [0.1, 0.15) is 25.0 Å². The number of benzene rings is 2. The van der Waals surface area contributed by atoms with E-state index in [0.29, 0.717) is 43.4 Å². The molecule has 4 rings (SSSR count). The molecule has 1 fully saturated rings. The van der Waals surface area contributed by atoms with E-state index < -0.39 is 17.5 Å². The van der Waals surface area contributed by atoms with Gasteiger partial charge in [-0.2, -0.15) is 0 Å². The first-order valence-corrected chi connectivity index (χ1v) is 10.3. The summed E-state index contributed by atoms with van der Waals surface area (Å²) < 4.78 is 11.1. The van der Waals surface area contributed by atoms with Crippen LogP contribution in [0.25, 0.3) is 0 Å². The molecular weight excluding hydrogens is 398 g/mol. The molecule has 2 aliphatic heterocycles. The standard InChI is InChI=1S/C23H25N3O5/c1-3-25(14-16-7-5-4-6-8-16)20(27)15-26-21(28)23(2,24-22(26)29)17-9-10-18-19(13-17)31-12-11-30-18/h4-10,13H,3,11-12,14-15H2,1-2H3,(H,24,29)/t23-/m1/s1. The van der Waals surface area contributed by atoms with Crippen LogP contribution in [0.2, 0.25) is 0 Å². The third-order valence-electron chi connectivity index (χ3n) is 5.64. The molecule has 0 bridgehead atoms. The number of carbonyl (C=O) groups is 3. The summed E-state index contributed by atoms with van der Waals surface area (Å²) in [4.78, 5) is 41.3. The summed E-state index contributed by atoms with van der Waals surface area (Å²) >= 11 is 0.